The van der Waals surface area contributed by atoms with Crippen LogP contribution in [0.25, 0.3) is 0 Å². The number of hydrogen-bond acceptors (Lipinski definition) is 5. The Bertz CT molecular complexity index is 1130. The fraction of sp³-hybridized carbons (Fsp3) is 0.391. The Morgan fingerprint density at radius 2 is 1.75 bits per heavy atom. The van der Waals surface area contributed by atoms with E-state index in [0.717, 1.165) is 0 Å². The molecule has 1 atom stereocenters. The maximum atomic E-state index is 13.5. The summed E-state index contributed by atoms with van der Waals surface area (Å²) in [5, 5.41) is 0. The molecule has 32 heavy (non-hydrogen) atoms. The lowest BCUT2D eigenvalue weighted by molar-refractivity contribution is -0.135. The number of benzene rings is 2. The lowest BCUT2D eigenvalue weighted by Crippen LogP contribution is -2.50. The van der Waals surface area contributed by atoms with E-state index in [1.54, 1.807) is 71.3 Å². The third kappa shape index (κ3) is 4.35. The summed E-state index contributed by atoms with van der Waals surface area (Å²) in [5.74, 6) is -0.227. The highest BCUT2D eigenvalue weighted by Crippen LogP contribution is 2.35. The van der Waals surface area contributed by atoms with Crippen LogP contribution in [0.3, 0.4) is 0 Å². The van der Waals surface area contributed by atoms with Gasteiger partial charge in [-0.25, -0.2) is 8.42 Å². The monoisotopic (exact) mass is 459 g/mol. The number of rotatable bonds is 6. The lowest BCUT2D eigenvalue weighted by Gasteiger charge is -2.35. The highest BCUT2D eigenvalue weighted by molar-refractivity contribution is 7.89. The summed E-state index contributed by atoms with van der Waals surface area (Å²) in [7, 11) is -0.482. The normalized spacial score (nSPS) is 15.8. The number of ether oxygens (including phenoxy) is 1. The quantitative estimate of drug-likeness (QED) is 0.663. The summed E-state index contributed by atoms with van der Waals surface area (Å²) in [6, 6.07) is 11.7. The van der Waals surface area contributed by atoms with E-state index in [9.17, 15) is 18.0 Å². The SMILES string of the molecule is CCN(CC)S(=O)(=O)c1cc(C(=O)N2CC(C(=O)N(C)C)Oc3ccccc32)ccc1C. The third-order valence-electron chi connectivity index (χ3n) is 5.49. The van der Waals surface area contributed by atoms with Gasteiger partial charge in [-0.05, 0) is 36.8 Å². The van der Waals surface area contributed by atoms with Crippen LogP contribution in [0.1, 0.15) is 29.8 Å². The fourth-order valence-electron chi connectivity index (χ4n) is 3.71. The molecule has 0 saturated heterocycles. The van der Waals surface area contributed by atoms with Gasteiger partial charge in [0.15, 0.2) is 6.10 Å². The summed E-state index contributed by atoms with van der Waals surface area (Å²) in [6.07, 6.45) is -0.854. The fourth-order valence-corrected chi connectivity index (χ4v) is 5.42. The van der Waals surface area contributed by atoms with Gasteiger partial charge >= 0.3 is 0 Å². The molecule has 172 valence electrons. The molecule has 8 nitrogen and oxygen atoms in total. The van der Waals surface area contributed by atoms with Crippen molar-refractivity contribution in [2.75, 3.05) is 38.6 Å². The second kappa shape index (κ2) is 9.30. The van der Waals surface area contributed by atoms with Gasteiger partial charge in [-0.15, -0.1) is 0 Å². The first-order chi connectivity index (χ1) is 15.1. The van der Waals surface area contributed by atoms with Crippen molar-refractivity contribution in [3.8, 4) is 5.75 Å². The van der Waals surface area contributed by atoms with Crippen molar-refractivity contribution < 1.29 is 22.7 Å². The minimum atomic E-state index is -3.74. The number of aryl methyl sites for hydroxylation is 1. The van der Waals surface area contributed by atoms with Crippen molar-refractivity contribution >= 4 is 27.5 Å². The number of carbonyl (C=O) groups excluding carboxylic acids is 2. The van der Waals surface area contributed by atoms with Crippen LogP contribution in [-0.4, -0.2) is 69.3 Å². The molecule has 1 unspecified atom stereocenters. The molecular weight excluding hydrogens is 430 g/mol. The van der Waals surface area contributed by atoms with E-state index in [0.29, 0.717) is 30.1 Å². The highest BCUT2D eigenvalue weighted by Gasteiger charge is 2.35. The summed E-state index contributed by atoms with van der Waals surface area (Å²) >= 11 is 0. The molecule has 0 radical (unpaired) electrons. The van der Waals surface area contributed by atoms with Crippen LogP contribution in [-0.2, 0) is 14.8 Å². The summed E-state index contributed by atoms with van der Waals surface area (Å²) in [5.41, 5.74) is 1.33. The first kappa shape index (κ1) is 23.7. The molecule has 1 aliphatic rings. The minimum Gasteiger partial charge on any atom is -0.476 e. The van der Waals surface area contributed by atoms with Gasteiger partial charge in [0.25, 0.3) is 11.8 Å². The standard InChI is InChI=1S/C23H29N3O5S/c1-6-25(7-2)32(29,30)21-14-17(13-12-16(21)3)22(27)26-15-20(23(28)24(4)5)31-19-11-9-8-10-18(19)26/h8-14,20H,6-7,15H2,1-5H3. The van der Waals surface area contributed by atoms with Gasteiger partial charge in [0.05, 0.1) is 17.1 Å². The van der Waals surface area contributed by atoms with E-state index in [1.165, 1.54) is 20.2 Å². The highest BCUT2D eigenvalue weighted by atomic mass is 32.2. The van der Waals surface area contributed by atoms with Crippen LogP contribution in [0.2, 0.25) is 0 Å². The second-order valence-electron chi connectivity index (χ2n) is 7.79. The lowest BCUT2D eigenvalue weighted by atomic mass is 10.1. The van der Waals surface area contributed by atoms with Crippen LogP contribution in [0.15, 0.2) is 47.4 Å². The number of carbonyl (C=O) groups is 2. The summed E-state index contributed by atoms with van der Waals surface area (Å²) in [6.45, 7) is 5.96. The van der Waals surface area contributed by atoms with Crippen molar-refractivity contribution in [1.82, 2.24) is 9.21 Å². The molecule has 9 heteroatoms. The number of amides is 2. The summed E-state index contributed by atoms with van der Waals surface area (Å²) < 4.78 is 33.4. The zero-order valence-electron chi connectivity index (χ0n) is 19.0. The molecule has 1 heterocycles. The Balaban J connectivity index is 2.04. The maximum absolute atomic E-state index is 13.5. The van der Waals surface area contributed by atoms with Crippen LogP contribution in [0.4, 0.5) is 5.69 Å². The Labute approximate surface area is 189 Å². The number of likely N-dealkylation sites (N-methyl/N-ethyl adjacent to an activating group) is 1. The number of sulfonamides is 1. The average Bonchev–Trinajstić information content (AvgIpc) is 2.78. The topological polar surface area (TPSA) is 87.2 Å². The maximum Gasteiger partial charge on any atom is 0.265 e. The van der Waals surface area contributed by atoms with Gasteiger partial charge in [-0.3, -0.25) is 9.59 Å². The third-order valence-corrected chi connectivity index (χ3v) is 7.69. The van der Waals surface area contributed by atoms with E-state index in [1.807, 2.05) is 0 Å². The van der Waals surface area contributed by atoms with E-state index < -0.39 is 22.0 Å². The zero-order valence-corrected chi connectivity index (χ0v) is 19.8. The Morgan fingerprint density at radius 3 is 2.38 bits per heavy atom. The molecule has 2 aromatic rings. The molecule has 0 aliphatic carbocycles. The van der Waals surface area contributed by atoms with E-state index in [2.05, 4.69) is 0 Å². The molecule has 0 N–H and O–H groups in total. The number of nitrogens with zero attached hydrogens (tertiary/aromatic N) is 3. The van der Waals surface area contributed by atoms with Crippen molar-refractivity contribution in [2.24, 2.45) is 0 Å². The molecule has 0 aromatic heterocycles. The van der Waals surface area contributed by atoms with Crippen molar-refractivity contribution in [2.45, 2.75) is 31.8 Å². The van der Waals surface area contributed by atoms with Gasteiger partial charge in [0.2, 0.25) is 10.0 Å². The predicted molar refractivity (Wildman–Crippen MR) is 123 cm³/mol. The molecule has 0 saturated carbocycles. The van der Waals surface area contributed by atoms with E-state index in [-0.39, 0.29) is 22.9 Å². The molecule has 0 spiro atoms. The van der Waals surface area contributed by atoms with Crippen molar-refractivity contribution in [3.63, 3.8) is 0 Å². The van der Waals surface area contributed by atoms with Gasteiger partial charge in [0, 0.05) is 32.7 Å². The number of fused-ring (bicyclic) bond motifs is 1. The van der Waals surface area contributed by atoms with Gasteiger partial charge in [0.1, 0.15) is 5.75 Å². The number of para-hydroxylation sites is 2. The number of anilines is 1. The van der Waals surface area contributed by atoms with Crippen molar-refractivity contribution in [3.05, 3.63) is 53.6 Å². The Morgan fingerprint density at radius 1 is 1.09 bits per heavy atom. The van der Waals surface area contributed by atoms with E-state index in [4.69, 9.17) is 4.74 Å². The summed E-state index contributed by atoms with van der Waals surface area (Å²) in [4.78, 5) is 29.1. The molecule has 0 bridgehead atoms. The molecule has 2 aromatic carbocycles. The largest absolute Gasteiger partial charge is 0.476 e. The van der Waals surface area contributed by atoms with Gasteiger partial charge in [-0.2, -0.15) is 4.31 Å². The predicted octanol–water partition coefficient (Wildman–Crippen LogP) is 2.52. The van der Waals surface area contributed by atoms with Crippen LogP contribution < -0.4 is 9.64 Å². The van der Waals surface area contributed by atoms with Gasteiger partial charge in [-0.1, -0.05) is 32.0 Å². The molecule has 3 rings (SSSR count). The van der Waals surface area contributed by atoms with Crippen molar-refractivity contribution in [1.29, 1.82) is 0 Å². The second-order valence-corrected chi connectivity index (χ2v) is 9.70. The average molecular weight is 460 g/mol. The van der Waals surface area contributed by atoms with E-state index >= 15 is 0 Å². The molecular formula is C23H29N3O5S. The first-order valence-corrected chi connectivity index (χ1v) is 11.9. The number of hydrogen-bond donors (Lipinski definition) is 0. The minimum absolute atomic E-state index is 0.0267. The van der Waals surface area contributed by atoms with Crippen LogP contribution in [0, 0.1) is 6.92 Å². The molecule has 2 amide bonds. The first-order valence-electron chi connectivity index (χ1n) is 10.5. The smallest absolute Gasteiger partial charge is 0.265 e. The van der Waals surface area contributed by atoms with Crippen LogP contribution >= 0.6 is 0 Å². The molecule has 1 aliphatic heterocycles. The van der Waals surface area contributed by atoms with Crippen LogP contribution in [0.5, 0.6) is 5.75 Å². The van der Waals surface area contributed by atoms with Gasteiger partial charge < -0.3 is 14.5 Å². The zero-order chi connectivity index (χ0) is 23.6. The Kier molecular flexibility index (Phi) is 6.90. The molecule has 0 fully saturated rings. The Hall–Kier alpha value is -2.91.